The molecule has 0 spiro atoms. The van der Waals surface area contributed by atoms with E-state index in [1.165, 1.54) is 15.6 Å². The Morgan fingerprint density at radius 3 is 2.54 bits per heavy atom. The van der Waals surface area contributed by atoms with E-state index in [4.69, 9.17) is 23.2 Å². The molecule has 0 N–H and O–H groups in total. The lowest BCUT2D eigenvalue weighted by molar-refractivity contribution is 0.745. The fourth-order valence-electron chi connectivity index (χ4n) is 2.55. The van der Waals surface area contributed by atoms with E-state index in [0.29, 0.717) is 22.2 Å². The minimum Gasteiger partial charge on any atom is -0.293 e. The van der Waals surface area contributed by atoms with Crippen molar-refractivity contribution in [3.8, 4) is 5.69 Å². The second-order valence-corrected chi connectivity index (χ2v) is 7.31. The third-order valence-electron chi connectivity index (χ3n) is 3.84. The van der Waals surface area contributed by atoms with E-state index < -0.39 is 0 Å². The highest BCUT2D eigenvalue weighted by Gasteiger charge is 2.13. The Morgan fingerprint density at radius 1 is 1.04 bits per heavy atom. The van der Waals surface area contributed by atoms with Gasteiger partial charge in [0.15, 0.2) is 11.2 Å². The van der Waals surface area contributed by atoms with Crippen molar-refractivity contribution in [1.82, 2.24) is 24.5 Å². The molecule has 0 bridgehead atoms. The molecular formula is C17H10BrCl2N5O. The van der Waals surface area contributed by atoms with Gasteiger partial charge >= 0.3 is 0 Å². The lowest BCUT2D eigenvalue weighted by Gasteiger charge is -2.07. The molecule has 0 saturated heterocycles. The number of nitrogens with zero attached hydrogens (tertiary/aromatic N) is 5. The predicted octanol–water partition coefficient (Wildman–Crippen LogP) is 4.09. The molecule has 0 aliphatic carbocycles. The molecule has 0 amide bonds. The second kappa shape index (κ2) is 6.83. The molecule has 0 atom stereocenters. The van der Waals surface area contributed by atoms with Crippen LogP contribution in [0.4, 0.5) is 0 Å². The summed E-state index contributed by atoms with van der Waals surface area (Å²) in [6, 6.07) is 12.7. The first-order valence-corrected chi connectivity index (χ1v) is 9.08. The summed E-state index contributed by atoms with van der Waals surface area (Å²) in [5, 5.41) is 8.98. The third-order valence-corrected chi connectivity index (χ3v) is 5.11. The van der Waals surface area contributed by atoms with Crippen LogP contribution >= 0.6 is 39.1 Å². The fourth-order valence-corrected chi connectivity index (χ4v) is 3.13. The summed E-state index contributed by atoms with van der Waals surface area (Å²) < 4.78 is 3.94. The van der Waals surface area contributed by atoms with Crippen LogP contribution in [0.1, 0.15) is 5.56 Å². The Labute approximate surface area is 166 Å². The Morgan fingerprint density at radius 2 is 1.81 bits per heavy atom. The smallest absolute Gasteiger partial charge is 0.283 e. The summed E-state index contributed by atoms with van der Waals surface area (Å²) in [6.07, 6.45) is 1.48. The Hall–Kier alpha value is -2.22. The summed E-state index contributed by atoms with van der Waals surface area (Å²) in [6.45, 7) is 0.309. The molecule has 2 aromatic carbocycles. The first-order chi connectivity index (χ1) is 12.5. The fraction of sp³-hybridized carbons (Fsp3) is 0.0588. The molecule has 9 heteroatoms. The van der Waals surface area contributed by atoms with E-state index in [0.717, 1.165) is 15.7 Å². The van der Waals surface area contributed by atoms with Gasteiger partial charge in [-0.25, -0.2) is 4.98 Å². The SMILES string of the molecule is O=c1c2nnn(-c3ccc(Br)cc3)c2ncn1Cc1ccc(Cl)c(Cl)c1. The normalized spacial score (nSPS) is 11.2. The number of aromatic nitrogens is 5. The zero-order valence-corrected chi connectivity index (χ0v) is 16.2. The van der Waals surface area contributed by atoms with Gasteiger partial charge in [0.05, 0.1) is 22.3 Å². The van der Waals surface area contributed by atoms with E-state index >= 15 is 0 Å². The molecule has 2 aromatic heterocycles. The Bertz CT molecular complexity index is 1170. The van der Waals surface area contributed by atoms with Crippen LogP contribution < -0.4 is 5.56 Å². The van der Waals surface area contributed by atoms with Gasteiger partial charge in [-0.3, -0.25) is 9.36 Å². The van der Waals surface area contributed by atoms with Crippen LogP contribution in [0.5, 0.6) is 0 Å². The number of hydrogen-bond acceptors (Lipinski definition) is 4. The topological polar surface area (TPSA) is 65.6 Å². The molecule has 130 valence electrons. The van der Waals surface area contributed by atoms with E-state index in [1.807, 2.05) is 30.3 Å². The van der Waals surface area contributed by atoms with Crippen LogP contribution in [0.2, 0.25) is 10.0 Å². The molecule has 26 heavy (non-hydrogen) atoms. The zero-order valence-electron chi connectivity index (χ0n) is 13.1. The van der Waals surface area contributed by atoms with Gasteiger partial charge in [0.2, 0.25) is 0 Å². The second-order valence-electron chi connectivity index (χ2n) is 5.58. The van der Waals surface area contributed by atoms with Crippen molar-refractivity contribution in [2.75, 3.05) is 0 Å². The van der Waals surface area contributed by atoms with E-state index in [9.17, 15) is 4.79 Å². The largest absolute Gasteiger partial charge is 0.293 e. The monoisotopic (exact) mass is 449 g/mol. The minimum absolute atomic E-state index is 0.204. The quantitative estimate of drug-likeness (QED) is 0.471. The van der Waals surface area contributed by atoms with Crippen molar-refractivity contribution < 1.29 is 0 Å². The molecule has 2 heterocycles. The average Bonchev–Trinajstić information content (AvgIpc) is 3.06. The molecule has 0 aliphatic rings. The van der Waals surface area contributed by atoms with Crippen LogP contribution in [0, 0.1) is 0 Å². The van der Waals surface area contributed by atoms with Gasteiger partial charge in [-0.15, -0.1) is 5.10 Å². The van der Waals surface area contributed by atoms with Gasteiger partial charge in [0, 0.05) is 4.47 Å². The van der Waals surface area contributed by atoms with Crippen molar-refractivity contribution in [3.05, 3.63) is 79.2 Å². The van der Waals surface area contributed by atoms with Crippen molar-refractivity contribution in [2.24, 2.45) is 0 Å². The zero-order chi connectivity index (χ0) is 18.3. The number of rotatable bonds is 3. The number of fused-ring (bicyclic) bond motifs is 1. The van der Waals surface area contributed by atoms with Gasteiger partial charge < -0.3 is 0 Å². The molecule has 0 aliphatic heterocycles. The summed E-state index contributed by atoms with van der Waals surface area (Å²) in [5.74, 6) is 0. The highest BCUT2D eigenvalue weighted by atomic mass is 79.9. The molecule has 0 saturated carbocycles. The van der Waals surface area contributed by atoms with Crippen LogP contribution in [-0.4, -0.2) is 24.5 Å². The third kappa shape index (κ3) is 3.13. The van der Waals surface area contributed by atoms with Crippen molar-refractivity contribution in [1.29, 1.82) is 0 Å². The number of benzene rings is 2. The van der Waals surface area contributed by atoms with Crippen LogP contribution in [0.3, 0.4) is 0 Å². The summed E-state index contributed by atoms with van der Waals surface area (Å²) >= 11 is 15.3. The maximum atomic E-state index is 12.7. The molecule has 0 fully saturated rings. The summed E-state index contributed by atoms with van der Waals surface area (Å²) in [5.41, 5.74) is 1.94. The van der Waals surface area contributed by atoms with E-state index in [2.05, 4.69) is 31.2 Å². The lowest BCUT2D eigenvalue weighted by Crippen LogP contribution is -2.21. The highest BCUT2D eigenvalue weighted by Crippen LogP contribution is 2.23. The Balaban J connectivity index is 1.75. The minimum atomic E-state index is -0.274. The summed E-state index contributed by atoms with van der Waals surface area (Å²) in [7, 11) is 0. The van der Waals surface area contributed by atoms with E-state index in [1.54, 1.807) is 12.1 Å². The van der Waals surface area contributed by atoms with Gasteiger partial charge in [0.1, 0.15) is 6.33 Å². The number of hydrogen-bond donors (Lipinski definition) is 0. The first kappa shape index (κ1) is 17.2. The van der Waals surface area contributed by atoms with Crippen molar-refractivity contribution in [3.63, 3.8) is 0 Å². The molecule has 4 rings (SSSR count). The average molecular weight is 451 g/mol. The predicted molar refractivity (Wildman–Crippen MR) is 104 cm³/mol. The first-order valence-electron chi connectivity index (χ1n) is 7.53. The lowest BCUT2D eigenvalue weighted by atomic mass is 10.2. The van der Waals surface area contributed by atoms with Gasteiger partial charge in [-0.2, -0.15) is 4.68 Å². The summed E-state index contributed by atoms with van der Waals surface area (Å²) in [4.78, 5) is 17.1. The number of halogens is 3. The van der Waals surface area contributed by atoms with Gasteiger partial charge in [-0.1, -0.05) is 50.4 Å². The molecule has 0 radical (unpaired) electrons. The molecule has 4 aromatic rings. The van der Waals surface area contributed by atoms with Crippen LogP contribution in [0.15, 0.2) is 58.1 Å². The van der Waals surface area contributed by atoms with E-state index in [-0.39, 0.29) is 11.1 Å². The maximum absolute atomic E-state index is 12.7. The maximum Gasteiger partial charge on any atom is 0.283 e. The highest BCUT2D eigenvalue weighted by molar-refractivity contribution is 9.10. The van der Waals surface area contributed by atoms with Crippen molar-refractivity contribution in [2.45, 2.75) is 6.54 Å². The molecular weight excluding hydrogens is 441 g/mol. The van der Waals surface area contributed by atoms with Crippen LogP contribution in [-0.2, 0) is 6.54 Å². The molecule has 6 nitrogen and oxygen atoms in total. The Kier molecular flexibility index (Phi) is 4.52. The standard InChI is InChI=1S/C17H10BrCl2N5O/c18-11-2-4-12(5-3-11)25-16-15(22-23-25)17(26)24(9-21-16)8-10-1-6-13(19)14(20)7-10/h1-7,9H,8H2. The van der Waals surface area contributed by atoms with Crippen molar-refractivity contribution >= 4 is 50.3 Å². The van der Waals surface area contributed by atoms with Gasteiger partial charge in [0.25, 0.3) is 5.56 Å². The molecule has 0 unspecified atom stereocenters. The van der Waals surface area contributed by atoms with Gasteiger partial charge in [-0.05, 0) is 42.0 Å². The van der Waals surface area contributed by atoms with Crippen LogP contribution in [0.25, 0.3) is 16.9 Å².